The maximum absolute atomic E-state index is 5.48. The van der Waals surface area contributed by atoms with Crippen LogP contribution in [0.2, 0.25) is 0 Å². The molecule has 1 fully saturated rings. The van der Waals surface area contributed by atoms with Gasteiger partial charge >= 0.3 is 0 Å². The van der Waals surface area contributed by atoms with Crippen molar-refractivity contribution in [3.63, 3.8) is 0 Å². The average molecular weight is 276 g/mol. The molecular formula is C17H28N2O. The van der Waals surface area contributed by atoms with Crippen molar-refractivity contribution in [2.75, 3.05) is 40.3 Å². The largest absolute Gasteiger partial charge is 0.494 e. The van der Waals surface area contributed by atoms with Crippen LogP contribution in [0.5, 0.6) is 5.75 Å². The first-order valence-corrected chi connectivity index (χ1v) is 7.59. The van der Waals surface area contributed by atoms with E-state index in [1.54, 1.807) is 0 Å². The van der Waals surface area contributed by atoms with Gasteiger partial charge in [0.2, 0.25) is 0 Å². The van der Waals surface area contributed by atoms with Crippen LogP contribution in [-0.4, -0.2) is 50.1 Å². The Labute approximate surface area is 123 Å². The van der Waals surface area contributed by atoms with Gasteiger partial charge in [-0.05, 0) is 57.1 Å². The van der Waals surface area contributed by atoms with Crippen LogP contribution < -0.4 is 4.74 Å². The molecule has 0 saturated carbocycles. The van der Waals surface area contributed by atoms with Crippen molar-refractivity contribution in [1.29, 1.82) is 0 Å². The number of hydrogen-bond donors (Lipinski definition) is 0. The number of likely N-dealkylation sites (tertiary alicyclic amines) is 1. The lowest BCUT2D eigenvalue weighted by Crippen LogP contribution is -2.35. The third-order valence-corrected chi connectivity index (χ3v) is 4.09. The van der Waals surface area contributed by atoms with E-state index in [-0.39, 0.29) is 0 Å². The summed E-state index contributed by atoms with van der Waals surface area (Å²) in [6.45, 7) is 9.75. The van der Waals surface area contributed by atoms with E-state index in [0.29, 0.717) is 5.41 Å². The summed E-state index contributed by atoms with van der Waals surface area (Å²) in [5, 5.41) is 0. The van der Waals surface area contributed by atoms with Gasteiger partial charge in [-0.15, -0.1) is 0 Å². The zero-order valence-corrected chi connectivity index (χ0v) is 13.4. The minimum Gasteiger partial charge on any atom is -0.494 e. The fraction of sp³-hybridized carbons (Fsp3) is 0.647. The first-order chi connectivity index (χ1) is 9.50. The van der Waals surface area contributed by atoms with E-state index in [2.05, 4.69) is 55.1 Å². The zero-order valence-electron chi connectivity index (χ0n) is 13.4. The molecule has 0 aromatic heterocycles. The van der Waals surface area contributed by atoms with E-state index in [0.717, 1.165) is 25.4 Å². The second-order valence-corrected chi connectivity index (χ2v) is 6.55. The van der Waals surface area contributed by atoms with Crippen molar-refractivity contribution < 1.29 is 4.74 Å². The third-order valence-electron chi connectivity index (χ3n) is 4.09. The van der Waals surface area contributed by atoms with Gasteiger partial charge in [0.05, 0.1) is 6.61 Å². The normalized spacial score (nSPS) is 23.4. The molecule has 1 saturated heterocycles. The van der Waals surface area contributed by atoms with Crippen LogP contribution >= 0.6 is 0 Å². The first-order valence-electron chi connectivity index (χ1n) is 7.59. The predicted octanol–water partition coefficient (Wildman–Crippen LogP) is 2.86. The smallest absolute Gasteiger partial charge is 0.119 e. The van der Waals surface area contributed by atoms with Crippen LogP contribution in [0.1, 0.15) is 25.8 Å². The highest BCUT2D eigenvalue weighted by Gasteiger charge is 2.32. The average Bonchev–Trinajstić information content (AvgIpc) is 2.71. The Balaban J connectivity index is 1.86. The van der Waals surface area contributed by atoms with Gasteiger partial charge in [0.25, 0.3) is 0 Å². The molecule has 0 amide bonds. The molecule has 0 bridgehead atoms. The Morgan fingerprint density at radius 3 is 2.55 bits per heavy atom. The van der Waals surface area contributed by atoms with Crippen molar-refractivity contribution in [1.82, 2.24) is 9.80 Å². The molecule has 0 spiro atoms. The standard InChI is InChI=1S/C17H28N2O/c1-5-20-16-8-6-15(7-9-16)12-19(4)14-17(2)10-11-18(3)13-17/h6-9H,5,10-14H2,1-4H3/t17-/m1/s1. The van der Waals surface area contributed by atoms with Gasteiger partial charge in [0.1, 0.15) is 5.75 Å². The van der Waals surface area contributed by atoms with Gasteiger partial charge < -0.3 is 14.5 Å². The molecule has 1 aromatic rings. The van der Waals surface area contributed by atoms with E-state index in [1.807, 2.05) is 6.92 Å². The Morgan fingerprint density at radius 2 is 2.00 bits per heavy atom. The number of ether oxygens (including phenoxy) is 1. The van der Waals surface area contributed by atoms with E-state index in [1.165, 1.54) is 25.1 Å². The van der Waals surface area contributed by atoms with Crippen LogP contribution in [0.3, 0.4) is 0 Å². The van der Waals surface area contributed by atoms with Crippen LogP contribution in [-0.2, 0) is 6.54 Å². The maximum Gasteiger partial charge on any atom is 0.119 e. The summed E-state index contributed by atoms with van der Waals surface area (Å²) in [7, 11) is 4.44. The number of hydrogen-bond acceptors (Lipinski definition) is 3. The highest BCUT2D eigenvalue weighted by atomic mass is 16.5. The van der Waals surface area contributed by atoms with Crippen LogP contribution in [0.4, 0.5) is 0 Å². The summed E-state index contributed by atoms with van der Waals surface area (Å²) < 4.78 is 5.48. The fourth-order valence-corrected chi connectivity index (χ4v) is 3.28. The van der Waals surface area contributed by atoms with Crippen LogP contribution in [0.25, 0.3) is 0 Å². The van der Waals surface area contributed by atoms with Gasteiger partial charge in [-0.1, -0.05) is 19.1 Å². The molecular weight excluding hydrogens is 248 g/mol. The fourth-order valence-electron chi connectivity index (χ4n) is 3.28. The highest BCUT2D eigenvalue weighted by molar-refractivity contribution is 5.27. The molecule has 112 valence electrons. The molecule has 1 aromatic carbocycles. The van der Waals surface area contributed by atoms with Crippen LogP contribution in [0.15, 0.2) is 24.3 Å². The SMILES string of the molecule is CCOc1ccc(CN(C)C[C@]2(C)CCN(C)C2)cc1. The van der Waals surface area contributed by atoms with E-state index in [9.17, 15) is 0 Å². The third kappa shape index (κ3) is 4.22. The van der Waals surface area contributed by atoms with Crippen molar-refractivity contribution in [2.45, 2.75) is 26.8 Å². The summed E-state index contributed by atoms with van der Waals surface area (Å²) in [6.07, 6.45) is 1.30. The number of nitrogens with zero attached hydrogens (tertiary/aromatic N) is 2. The Morgan fingerprint density at radius 1 is 1.30 bits per heavy atom. The summed E-state index contributed by atoms with van der Waals surface area (Å²) >= 11 is 0. The molecule has 0 unspecified atom stereocenters. The second-order valence-electron chi connectivity index (χ2n) is 6.55. The monoisotopic (exact) mass is 276 g/mol. The first kappa shape index (κ1) is 15.3. The highest BCUT2D eigenvalue weighted by Crippen LogP contribution is 2.30. The quantitative estimate of drug-likeness (QED) is 0.794. The minimum absolute atomic E-state index is 0.439. The number of benzene rings is 1. The van der Waals surface area contributed by atoms with Gasteiger partial charge in [-0.25, -0.2) is 0 Å². The molecule has 3 nitrogen and oxygen atoms in total. The maximum atomic E-state index is 5.48. The van der Waals surface area contributed by atoms with Gasteiger partial charge in [0, 0.05) is 19.6 Å². The Hall–Kier alpha value is -1.06. The molecule has 0 radical (unpaired) electrons. The summed E-state index contributed by atoms with van der Waals surface area (Å²) in [6, 6.07) is 8.48. The van der Waals surface area contributed by atoms with Crippen molar-refractivity contribution in [3.8, 4) is 5.75 Å². The molecule has 0 aliphatic carbocycles. The summed E-state index contributed by atoms with van der Waals surface area (Å²) in [4.78, 5) is 4.87. The molecule has 1 aliphatic rings. The second kappa shape index (κ2) is 6.59. The van der Waals surface area contributed by atoms with Crippen molar-refractivity contribution in [3.05, 3.63) is 29.8 Å². The molecule has 1 atom stereocenters. The summed E-state index contributed by atoms with van der Waals surface area (Å²) in [5.74, 6) is 0.961. The van der Waals surface area contributed by atoms with E-state index >= 15 is 0 Å². The van der Waals surface area contributed by atoms with E-state index < -0.39 is 0 Å². The Kier molecular flexibility index (Phi) is 5.06. The molecule has 1 aliphatic heterocycles. The minimum atomic E-state index is 0.439. The molecule has 0 N–H and O–H groups in total. The Bertz CT molecular complexity index is 418. The molecule has 2 rings (SSSR count). The molecule has 3 heteroatoms. The van der Waals surface area contributed by atoms with Gasteiger partial charge in [-0.2, -0.15) is 0 Å². The molecule has 20 heavy (non-hydrogen) atoms. The van der Waals surface area contributed by atoms with Crippen LogP contribution in [0, 0.1) is 5.41 Å². The van der Waals surface area contributed by atoms with Crippen molar-refractivity contribution >= 4 is 0 Å². The summed E-state index contributed by atoms with van der Waals surface area (Å²) in [5.41, 5.74) is 1.79. The lowest BCUT2D eigenvalue weighted by Gasteiger charge is -2.30. The molecule has 1 heterocycles. The van der Waals surface area contributed by atoms with Crippen molar-refractivity contribution in [2.24, 2.45) is 5.41 Å². The topological polar surface area (TPSA) is 15.7 Å². The van der Waals surface area contributed by atoms with Gasteiger partial charge in [0.15, 0.2) is 0 Å². The van der Waals surface area contributed by atoms with E-state index in [4.69, 9.17) is 4.74 Å². The lowest BCUT2D eigenvalue weighted by molar-refractivity contribution is 0.190. The predicted molar refractivity (Wildman–Crippen MR) is 84.2 cm³/mol. The lowest BCUT2D eigenvalue weighted by atomic mass is 9.89. The van der Waals surface area contributed by atoms with Gasteiger partial charge in [-0.3, -0.25) is 0 Å². The zero-order chi connectivity index (χ0) is 14.6. The number of rotatable bonds is 6.